The smallest absolute Gasteiger partial charge is 0.190 e. The van der Waals surface area contributed by atoms with E-state index in [0.717, 1.165) is 0 Å². The van der Waals surface area contributed by atoms with Crippen LogP contribution in [-0.2, 0) is 64.0 Å². The van der Waals surface area contributed by atoms with E-state index in [-0.39, 0.29) is 72.0 Å². The van der Waals surface area contributed by atoms with Crippen molar-refractivity contribution >= 4 is 23.1 Å². The first-order valence-corrected chi connectivity index (χ1v) is 18.5. The van der Waals surface area contributed by atoms with Gasteiger partial charge in [0.2, 0.25) is 0 Å². The maximum atomic E-state index is 11.6. The van der Waals surface area contributed by atoms with Crippen LogP contribution in [0.25, 0.3) is 0 Å². The molecule has 0 aliphatic rings. The molecule has 0 aromatic rings. The average Bonchev–Trinajstić information content (AvgIpc) is 3.03. The molecule has 57 heavy (non-hydrogen) atoms. The minimum absolute atomic E-state index is 0. The van der Waals surface area contributed by atoms with Gasteiger partial charge in [-0.1, -0.05) is 83.1 Å². The second kappa shape index (κ2) is 24.6. The van der Waals surface area contributed by atoms with E-state index < -0.39 is 44.1 Å². The van der Waals surface area contributed by atoms with Crippen LogP contribution >= 0.6 is 0 Å². The molecule has 0 aliphatic heterocycles. The van der Waals surface area contributed by atoms with Gasteiger partial charge in [-0.15, -0.1) is 0 Å². The van der Waals surface area contributed by atoms with E-state index in [1.54, 1.807) is 55.4 Å². The Kier molecular flexibility index (Phi) is 27.5. The number of allylic oxidation sites excluding steroid dienone is 4. The Balaban J connectivity index is -0.000000210. The average molecular weight is 980 g/mol. The van der Waals surface area contributed by atoms with Crippen LogP contribution in [-0.4, -0.2) is 94.4 Å². The van der Waals surface area contributed by atoms with Gasteiger partial charge in [-0.05, 0) is 55.4 Å². The summed E-state index contributed by atoms with van der Waals surface area (Å²) >= 11 is 0. The minimum atomic E-state index is -0.876. The third-order valence-corrected chi connectivity index (χ3v) is 8.56. The first kappa shape index (κ1) is 63.7. The summed E-state index contributed by atoms with van der Waals surface area (Å²) < 4.78 is 20.0. The van der Waals surface area contributed by atoms with Crippen molar-refractivity contribution in [2.24, 2.45) is 21.7 Å². The number of ether oxygens (including phenoxy) is 4. The molecule has 13 heteroatoms. The monoisotopic (exact) mass is 981 g/mol. The molecule has 0 unspecified atom stereocenters. The maximum Gasteiger partial charge on any atom is 0.190 e. The van der Waals surface area contributed by atoms with Gasteiger partial charge in [0, 0.05) is 100 Å². The number of ketones is 4. The molecule has 0 fully saturated rings. The van der Waals surface area contributed by atoms with Gasteiger partial charge in [-0.2, -0.15) is 0 Å². The topological polar surface area (TPSA) is 186 Å². The molecule has 0 rings (SSSR count). The molecule has 332 valence electrons. The molecule has 0 aliphatic carbocycles. The molecule has 0 aromatic carbocycles. The Morgan fingerprint density at radius 3 is 0.491 bits per heavy atom. The van der Waals surface area contributed by atoms with Crippen molar-refractivity contribution in [3.63, 3.8) is 0 Å². The Hall–Kier alpha value is -2.45. The van der Waals surface area contributed by atoms with Crippen molar-refractivity contribution in [1.82, 2.24) is 0 Å². The standard InChI is InChI=1S/4C11H20O3.Hf/c4*1-10(2,3)8(12)7-9(13)11(4,5)14-6;/h4*7,12H,1-6H3;/b4*8-7-;. The van der Waals surface area contributed by atoms with E-state index in [9.17, 15) is 39.6 Å². The van der Waals surface area contributed by atoms with Crippen LogP contribution in [0.15, 0.2) is 47.3 Å². The number of carbonyl (C=O) groups excluding carboxylic acids is 4. The van der Waals surface area contributed by atoms with Crippen LogP contribution in [0, 0.1) is 21.7 Å². The molecule has 0 saturated heterocycles. The second-order valence-corrected chi connectivity index (χ2v) is 19.4. The van der Waals surface area contributed by atoms with Crippen molar-refractivity contribution in [2.75, 3.05) is 28.4 Å². The van der Waals surface area contributed by atoms with Crippen molar-refractivity contribution in [3.05, 3.63) is 47.3 Å². The summed E-state index contributed by atoms with van der Waals surface area (Å²) in [6.07, 6.45) is 4.96. The number of methoxy groups -OCH3 is 4. The van der Waals surface area contributed by atoms with Crippen molar-refractivity contribution < 1.29 is 84.4 Å². The molecule has 0 atom stereocenters. The molecular formula is C44H80HfO12. The summed E-state index contributed by atoms with van der Waals surface area (Å²) in [4.78, 5) is 46.4. The van der Waals surface area contributed by atoms with Crippen molar-refractivity contribution in [1.29, 1.82) is 0 Å². The SMILES string of the molecule is COC(C)(C)C(=O)/C=C(\O)C(C)(C)C.COC(C)(C)C(=O)/C=C(\O)C(C)(C)C.COC(C)(C)C(=O)/C=C(\O)C(C)(C)C.COC(C)(C)C(=O)/C=C(\O)C(C)(C)C.[Hf]. The fourth-order valence-electron chi connectivity index (χ4n) is 2.46. The molecule has 0 saturated carbocycles. The molecule has 0 spiro atoms. The molecule has 0 amide bonds. The maximum absolute atomic E-state index is 11.6. The molecule has 0 bridgehead atoms. The summed E-state index contributed by atoms with van der Waals surface area (Å²) in [6.45, 7) is 35.4. The minimum Gasteiger partial charge on any atom is -0.512 e. The van der Waals surface area contributed by atoms with Gasteiger partial charge < -0.3 is 39.4 Å². The molecule has 0 heterocycles. The fraction of sp³-hybridized carbons (Fsp3) is 0.727. The summed E-state index contributed by atoms with van der Waals surface area (Å²) in [5.41, 5.74) is -5.12. The van der Waals surface area contributed by atoms with Crippen LogP contribution in [0.5, 0.6) is 0 Å². The zero-order chi connectivity index (χ0) is 46.3. The molecule has 12 nitrogen and oxygen atoms in total. The van der Waals surface area contributed by atoms with Gasteiger partial charge in [0.05, 0.1) is 0 Å². The number of carbonyl (C=O) groups is 4. The molecular weight excluding hydrogens is 899 g/mol. The normalized spacial score (nSPS) is 14.0. The first-order chi connectivity index (χ1) is 24.4. The third kappa shape index (κ3) is 26.3. The van der Waals surface area contributed by atoms with Crippen molar-refractivity contribution in [3.8, 4) is 0 Å². The summed E-state index contributed by atoms with van der Waals surface area (Å²) in [5, 5.41) is 38.4. The number of hydrogen-bond donors (Lipinski definition) is 4. The molecule has 0 aromatic heterocycles. The van der Waals surface area contributed by atoms with E-state index >= 15 is 0 Å². The second-order valence-electron chi connectivity index (χ2n) is 19.4. The fourth-order valence-corrected chi connectivity index (χ4v) is 2.46. The van der Waals surface area contributed by atoms with Crippen LogP contribution in [0.2, 0.25) is 0 Å². The Morgan fingerprint density at radius 2 is 0.421 bits per heavy atom. The van der Waals surface area contributed by atoms with E-state index in [1.165, 1.54) is 52.7 Å². The van der Waals surface area contributed by atoms with E-state index in [2.05, 4.69) is 0 Å². The van der Waals surface area contributed by atoms with Gasteiger partial charge in [-0.25, -0.2) is 0 Å². The zero-order valence-electron chi connectivity index (χ0n) is 39.9. The quantitative estimate of drug-likeness (QED) is 0.0826. The summed E-state index contributed by atoms with van der Waals surface area (Å²) in [6, 6.07) is 0. The number of rotatable bonds is 12. The Morgan fingerprint density at radius 1 is 0.316 bits per heavy atom. The predicted molar refractivity (Wildman–Crippen MR) is 225 cm³/mol. The summed E-state index contributed by atoms with van der Waals surface area (Å²) in [7, 11) is 5.89. The molecule has 0 radical (unpaired) electrons. The van der Waals surface area contributed by atoms with Gasteiger partial charge in [-0.3, -0.25) is 19.2 Å². The van der Waals surface area contributed by atoms with E-state index in [1.807, 2.05) is 83.1 Å². The Bertz CT molecular complexity index is 1200. The number of aliphatic hydroxyl groups excluding tert-OH is 4. The number of aliphatic hydroxyl groups is 4. The summed E-state index contributed by atoms with van der Waals surface area (Å²) in [5.74, 6) is -0.611. The molecule has 4 N–H and O–H groups in total. The predicted octanol–water partition coefficient (Wildman–Crippen LogP) is 9.87. The van der Waals surface area contributed by atoms with Gasteiger partial charge in [0.1, 0.15) is 45.4 Å². The van der Waals surface area contributed by atoms with Gasteiger partial charge >= 0.3 is 0 Å². The van der Waals surface area contributed by atoms with E-state index in [0.29, 0.717) is 0 Å². The van der Waals surface area contributed by atoms with Crippen molar-refractivity contribution in [2.45, 2.75) is 161 Å². The Labute approximate surface area is 364 Å². The van der Waals surface area contributed by atoms with Crippen LogP contribution < -0.4 is 0 Å². The number of hydrogen-bond acceptors (Lipinski definition) is 12. The van der Waals surface area contributed by atoms with Crippen LogP contribution in [0.3, 0.4) is 0 Å². The van der Waals surface area contributed by atoms with Gasteiger partial charge in [0.15, 0.2) is 23.1 Å². The third-order valence-electron chi connectivity index (χ3n) is 8.56. The van der Waals surface area contributed by atoms with E-state index in [4.69, 9.17) is 18.9 Å². The zero-order valence-corrected chi connectivity index (χ0v) is 43.5. The largest absolute Gasteiger partial charge is 0.512 e. The van der Waals surface area contributed by atoms with Crippen LogP contribution in [0.1, 0.15) is 138 Å². The van der Waals surface area contributed by atoms with Gasteiger partial charge in [0.25, 0.3) is 0 Å². The van der Waals surface area contributed by atoms with Crippen LogP contribution in [0.4, 0.5) is 0 Å². The first-order valence-electron chi connectivity index (χ1n) is 18.5.